The van der Waals surface area contributed by atoms with Crippen molar-refractivity contribution in [3.63, 3.8) is 0 Å². The van der Waals surface area contributed by atoms with Gasteiger partial charge in [-0.05, 0) is 60.2 Å². The van der Waals surface area contributed by atoms with Gasteiger partial charge in [-0.25, -0.2) is 0 Å². The highest BCUT2D eigenvalue weighted by Crippen LogP contribution is 2.73. The molecular formula is C20H26O2. The van der Waals surface area contributed by atoms with Gasteiger partial charge in [-0.1, -0.05) is 18.2 Å². The van der Waals surface area contributed by atoms with E-state index in [1.807, 2.05) is 0 Å². The minimum absolute atomic E-state index is 0.308. The maximum atomic E-state index is 11.8. The second-order valence-corrected chi connectivity index (χ2v) is 8.37. The summed E-state index contributed by atoms with van der Waals surface area (Å²) in [6.07, 6.45) is 10.2. The van der Waals surface area contributed by atoms with Crippen molar-refractivity contribution >= 4 is 0 Å². The van der Waals surface area contributed by atoms with Crippen molar-refractivity contribution < 1.29 is 9.84 Å². The first-order chi connectivity index (χ1) is 10.6. The van der Waals surface area contributed by atoms with Crippen LogP contribution >= 0.6 is 0 Å². The fraction of sp³-hybridized carbons (Fsp3) is 0.700. The van der Waals surface area contributed by atoms with Gasteiger partial charge in [0, 0.05) is 6.42 Å². The number of aliphatic hydroxyl groups is 1. The van der Waals surface area contributed by atoms with Crippen LogP contribution in [0, 0.1) is 47.3 Å². The molecule has 5 aliphatic rings. The van der Waals surface area contributed by atoms with Gasteiger partial charge < -0.3 is 9.84 Å². The summed E-state index contributed by atoms with van der Waals surface area (Å²) in [7, 11) is 0. The Morgan fingerprint density at radius 3 is 2.23 bits per heavy atom. The molecule has 0 bridgehead atoms. The Hall–Kier alpha value is -0.860. The summed E-state index contributed by atoms with van der Waals surface area (Å²) >= 11 is 0. The van der Waals surface area contributed by atoms with Crippen LogP contribution in [0.25, 0.3) is 0 Å². The maximum Gasteiger partial charge on any atom is 0.0875 e. The molecule has 5 fully saturated rings. The molecule has 1 aliphatic heterocycles. The molecular weight excluding hydrogens is 272 g/mol. The van der Waals surface area contributed by atoms with Gasteiger partial charge in [0.25, 0.3) is 0 Å². The van der Waals surface area contributed by atoms with E-state index in [-0.39, 0.29) is 0 Å². The van der Waals surface area contributed by atoms with Crippen molar-refractivity contribution in [2.45, 2.75) is 37.1 Å². The average Bonchev–Trinajstić information content (AvgIpc) is 2.95. The predicted octanol–water partition coefficient (Wildman–Crippen LogP) is 3.20. The third-order valence-electron chi connectivity index (χ3n) is 7.91. The van der Waals surface area contributed by atoms with E-state index in [0.29, 0.717) is 59.6 Å². The van der Waals surface area contributed by atoms with E-state index in [2.05, 4.69) is 38.0 Å². The molecule has 1 saturated heterocycles. The fourth-order valence-corrected chi connectivity index (χ4v) is 7.40. The number of hydrogen-bond acceptors (Lipinski definition) is 2. The van der Waals surface area contributed by atoms with Gasteiger partial charge in [0.15, 0.2) is 0 Å². The van der Waals surface area contributed by atoms with E-state index in [4.69, 9.17) is 4.74 Å². The summed E-state index contributed by atoms with van der Waals surface area (Å²) in [5.74, 6) is 3.88. The van der Waals surface area contributed by atoms with E-state index in [9.17, 15) is 5.11 Å². The second-order valence-electron chi connectivity index (χ2n) is 8.37. The van der Waals surface area contributed by atoms with E-state index < -0.39 is 5.60 Å². The van der Waals surface area contributed by atoms with Gasteiger partial charge in [-0.15, -0.1) is 19.7 Å². The minimum Gasteiger partial charge on any atom is -0.389 e. The Balaban J connectivity index is 1.66. The highest BCUT2D eigenvalue weighted by atomic mass is 16.6. The highest BCUT2D eigenvalue weighted by Gasteiger charge is 2.75. The van der Waals surface area contributed by atoms with E-state index in [1.165, 1.54) is 0 Å². The van der Waals surface area contributed by atoms with E-state index in [1.54, 1.807) is 0 Å². The van der Waals surface area contributed by atoms with Crippen LogP contribution in [0.4, 0.5) is 0 Å². The van der Waals surface area contributed by atoms with E-state index >= 15 is 0 Å². The van der Waals surface area contributed by atoms with Crippen LogP contribution in [0.5, 0.6) is 0 Å². The molecule has 5 rings (SSSR count). The number of fused-ring (bicyclic) bond motifs is 5. The fourth-order valence-electron chi connectivity index (χ4n) is 7.40. The standard InChI is InChI=1S/C20H26O2/c1-4-10-7-12(6-3)17-15(10)16-11(5-2)8-13-18(16)20(17,21)9-14-19(13)22-14/h4-6,10-19,21H,1-3,7-9H2/t10-,11+,12+,13-,14+,15-,16-,17-,18-,19-,20+/m1/s1. The molecule has 2 heteroatoms. The molecule has 118 valence electrons. The molecule has 0 aromatic rings. The number of allylic oxidation sites excluding steroid dienone is 3. The molecule has 22 heavy (non-hydrogen) atoms. The minimum atomic E-state index is -0.550. The SMILES string of the molecule is C=C[C@@H]1C[C@H](C=C)[C@@H]2[C@H]1[C@@H]1[C@H]3[C@@H](C[C@@H]1C=C)[C@H]1O[C@H]1C[C@@]32O. The number of hydrogen-bond donors (Lipinski definition) is 1. The maximum absolute atomic E-state index is 11.8. The number of ether oxygens (including phenoxy) is 1. The Kier molecular flexibility index (Phi) is 2.56. The smallest absolute Gasteiger partial charge is 0.0875 e. The molecule has 0 amide bonds. The van der Waals surface area contributed by atoms with Crippen LogP contribution in [0.2, 0.25) is 0 Å². The largest absolute Gasteiger partial charge is 0.389 e. The Morgan fingerprint density at radius 2 is 1.55 bits per heavy atom. The van der Waals surface area contributed by atoms with E-state index in [0.717, 1.165) is 19.3 Å². The van der Waals surface area contributed by atoms with Gasteiger partial charge in [0.1, 0.15) is 0 Å². The van der Waals surface area contributed by atoms with Crippen molar-refractivity contribution in [3.05, 3.63) is 38.0 Å². The van der Waals surface area contributed by atoms with Crippen LogP contribution in [-0.4, -0.2) is 22.9 Å². The predicted molar refractivity (Wildman–Crippen MR) is 86.0 cm³/mol. The Labute approximate surface area is 132 Å². The molecule has 0 unspecified atom stereocenters. The molecule has 4 saturated carbocycles. The first kappa shape index (κ1) is 13.6. The zero-order valence-electron chi connectivity index (χ0n) is 13.1. The summed E-state index contributed by atoms with van der Waals surface area (Å²) in [6, 6.07) is 0. The summed E-state index contributed by atoms with van der Waals surface area (Å²) in [5.41, 5.74) is -0.550. The first-order valence-corrected chi connectivity index (χ1v) is 8.89. The third-order valence-corrected chi connectivity index (χ3v) is 7.91. The van der Waals surface area contributed by atoms with Crippen LogP contribution in [0.3, 0.4) is 0 Å². The molecule has 1 N–H and O–H groups in total. The number of rotatable bonds is 3. The van der Waals surface area contributed by atoms with Crippen molar-refractivity contribution in [2.24, 2.45) is 47.3 Å². The number of epoxide rings is 1. The van der Waals surface area contributed by atoms with Gasteiger partial charge in [-0.2, -0.15) is 0 Å². The van der Waals surface area contributed by atoms with Gasteiger partial charge >= 0.3 is 0 Å². The van der Waals surface area contributed by atoms with Crippen molar-refractivity contribution in [3.8, 4) is 0 Å². The molecule has 0 radical (unpaired) electrons. The highest BCUT2D eigenvalue weighted by molar-refractivity contribution is 5.27. The monoisotopic (exact) mass is 298 g/mol. The van der Waals surface area contributed by atoms with Crippen LogP contribution in [-0.2, 0) is 4.74 Å². The quantitative estimate of drug-likeness (QED) is 0.641. The molecule has 2 nitrogen and oxygen atoms in total. The van der Waals surface area contributed by atoms with Crippen molar-refractivity contribution in [2.75, 3.05) is 0 Å². The van der Waals surface area contributed by atoms with Gasteiger partial charge in [0.2, 0.25) is 0 Å². The normalized spacial score (nSPS) is 63.7. The molecule has 0 aromatic carbocycles. The van der Waals surface area contributed by atoms with Gasteiger partial charge in [-0.3, -0.25) is 0 Å². The van der Waals surface area contributed by atoms with Crippen LogP contribution in [0.1, 0.15) is 19.3 Å². The summed E-state index contributed by atoms with van der Waals surface area (Å²) < 4.78 is 5.93. The molecule has 0 spiro atoms. The Bertz CT molecular complexity index is 554. The lowest BCUT2D eigenvalue weighted by Gasteiger charge is -2.41. The van der Waals surface area contributed by atoms with Crippen LogP contribution in [0.15, 0.2) is 38.0 Å². The summed E-state index contributed by atoms with van der Waals surface area (Å²) in [4.78, 5) is 0. The van der Waals surface area contributed by atoms with Crippen LogP contribution < -0.4 is 0 Å². The zero-order chi connectivity index (χ0) is 15.2. The molecule has 0 aromatic heterocycles. The lowest BCUT2D eigenvalue weighted by Crippen LogP contribution is -2.49. The summed E-state index contributed by atoms with van der Waals surface area (Å²) in [5, 5.41) is 11.8. The second kappa shape index (κ2) is 4.15. The van der Waals surface area contributed by atoms with Gasteiger partial charge in [0.05, 0.1) is 17.8 Å². The molecule has 11 atom stereocenters. The molecule has 4 aliphatic carbocycles. The van der Waals surface area contributed by atoms with Crippen molar-refractivity contribution in [1.29, 1.82) is 0 Å². The molecule has 1 heterocycles. The lowest BCUT2D eigenvalue weighted by molar-refractivity contribution is -0.0816. The van der Waals surface area contributed by atoms with Crippen molar-refractivity contribution in [1.82, 2.24) is 0 Å². The zero-order valence-corrected chi connectivity index (χ0v) is 13.1. The lowest BCUT2D eigenvalue weighted by atomic mass is 9.66. The third kappa shape index (κ3) is 1.36. The first-order valence-electron chi connectivity index (χ1n) is 8.89. The topological polar surface area (TPSA) is 32.8 Å². The summed E-state index contributed by atoms with van der Waals surface area (Å²) in [6.45, 7) is 12.3. The average molecular weight is 298 g/mol. The Morgan fingerprint density at radius 1 is 0.909 bits per heavy atom.